The fourth-order valence-corrected chi connectivity index (χ4v) is 5.93. The molecule has 6 heteroatoms. The van der Waals surface area contributed by atoms with Gasteiger partial charge in [0.1, 0.15) is 18.1 Å². The van der Waals surface area contributed by atoms with Gasteiger partial charge >= 0.3 is 0 Å². The lowest BCUT2D eigenvalue weighted by Crippen LogP contribution is -2.55. The summed E-state index contributed by atoms with van der Waals surface area (Å²) in [6, 6.07) is 7.44. The molecule has 4 fully saturated rings. The van der Waals surface area contributed by atoms with E-state index in [-0.39, 0.29) is 18.6 Å². The third-order valence-corrected chi connectivity index (χ3v) is 7.17. The van der Waals surface area contributed by atoms with Crippen molar-refractivity contribution in [3.63, 3.8) is 0 Å². The van der Waals surface area contributed by atoms with Gasteiger partial charge in [0, 0.05) is 11.1 Å². The van der Waals surface area contributed by atoms with E-state index >= 15 is 0 Å². The molecule has 6 rings (SSSR count). The van der Waals surface area contributed by atoms with E-state index < -0.39 is 0 Å². The van der Waals surface area contributed by atoms with Crippen molar-refractivity contribution in [1.29, 1.82) is 0 Å². The van der Waals surface area contributed by atoms with Crippen molar-refractivity contribution in [1.82, 2.24) is 10.5 Å². The summed E-state index contributed by atoms with van der Waals surface area (Å²) < 4.78 is 11.1. The number of benzene rings is 1. The second-order valence-electron chi connectivity index (χ2n) is 8.74. The molecule has 0 saturated heterocycles. The van der Waals surface area contributed by atoms with Crippen LogP contribution in [0.1, 0.15) is 53.9 Å². The Labute approximate surface area is 169 Å². The van der Waals surface area contributed by atoms with E-state index in [1.165, 1.54) is 32.1 Å². The number of ether oxygens (including phenoxy) is 1. The molecular weight excluding hydrogens is 376 g/mol. The summed E-state index contributed by atoms with van der Waals surface area (Å²) in [6.45, 7) is 2.05. The number of carbonyl (C=O) groups is 1. The second kappa shape index (κ2) is 7.11. The van der Waals surface area contributed by atoms with Crippen LogP contribution in [-0.2, 0) is 6.61 Å². The molecule has 0 radical (unpaired) electrons. The maximum Gasteiger partial charge on any atom is 0.274 e. The summed E-state index contributed by atoms with van der Waals surface area (Å²) in [6.07, 6.45) is 6.47. The molecular formula is C22H25ClN2O3. The molecule has 2 aromatic rings. The summed E-state index contributed by atoms with van der Waals surface area (Å²) >= 11 is 5.91. The van der Waals surface area contributed by atoms with Crippen LogP contribution < -0.4 is 10.1 Å². The highest BCUT2D eigenvalue weighted by Gasteiger charge is 2.48. The van der Waals surface area contributed by atoms with Gasteiger partial charge in [-0.1, -0.05) is 16.8 Å². The van der Waals surface area contributed by atoms with E-state index in [4.69, 9.17) is 20.9 Å². The Morgan fingerprint density at radius 2 is 1.79 bits per heavy atom. The molecule has 4 saturated carbocycles. The lowest BCUT2D eigenvalue weighted by molar-refractivity contribution is -0.0120. The standard InChI is InChI=1S/C22H25ClN2O3/c1-12-19(11-27-18-4-2-17(23)3-5-18)21(25-28-12)22(26)24-20-15-7-13-6-14(9-15)10-16(20)8-13/h2-5,13-16,20H,6-11H2,1H3,(H,24,26). The maximum absolute atomic E-state index is 13.0. The molecule has 0 unspecified atom stereocenters. The number of rotatable bonds is 5. The van der Waals surface area contributed by atoms with Gasteiger partial charge in [0.15, 0.2) is 5.69 Å². The number of carbonyl (C=O) groups excluding carboxylic acids is 1. The van der Waals surface area contributed by atoms with Crippen LogP contribution in [0.2, 0.25) is 5.02 Å². The van der Waals surface area contributed by atoms with Crippen LogP contribution in [-0.4, -0.2) is 17.1 Å². The molecule has 1 aromatic carbocycles. The number of nitrogens with one attached hydrogen (secondary N) is 1. The van der Waals surface area contributed by atoms with Crippen molar-refractivity contribution in [3.8, 4) is 5.75 Å². The van der Waals surface area contributed by atoms with Crippen LogP contribution in [0.3, 0.4) is 0 Å². The molecule has 1 amide bonds. The third-order valence-electron chi connectivity index (χ3n) is 6.92. The zero-order chi connectivity index (χ0) is 19.3. The van der Waals surface area contributed by atoms with Crippen molar-refractivity contribution in [3.05, 3.63) is 46.3 Å². The van der Waals surface area contributed by atoms with Crippen molar-refractivity contribution < 1.29 is 14.1 Å². The number of nitrogens with zero attached hydrogens (tertiary/aromatic N) is 1. The smallest absolute Gasteiger partial charge is 0.274 e. The lowest BCUT2D eigenvalue weighted by atomic mass is 9.54. The Balaban J connectivity index is 1.28. The average molecular weight is 401 g/mol. The first-order valence-electron chi connectivity index (χ1n) is 10.2. The second-order valence-corrected chi connectivity index (χ2v) is 9.17. The Morgan fingerprint density at radius 3 is 2.43 bits per heavy atom. The minimum atomic E-state index is -0.135. The molecule has 1 aromatic heterocycles. The first-order chi connectivity index (χ1) is 13.6. The summed E-state index contributed by atoms with van der Waals surface area (Å²) in [4.78, 5) is 13.0. The van der Waals surface area contributed by atoms with E-state index in [9.17, 15) is 4.79 Å². The van der Waals surface area contributed by atoms with Gasteiger partial charge in [-0.05, 0) is 87.0 Å². The van der Waals surface area contributed by atoms with E-state index in [2.05, 4.69) is 10.5 Å². The topological polar surface area (TPSA) is 64.4 Å². The molecule has 1 N–H and O–H groups in total. The van der Waals surface area contributed by atoms with E-state index in [0.717, 1.165) is 11.8 Å². The molecule has 4 aliphatic rings. The normalized spacial score (nSPS) is 30.4. The molecule has 5 nitrogen and oxygen atoms in total. The lowest BCUT2D eigenvalue weighted by Gasteiger charge is -2.54. The molecule has 0 atom stereocenters. The molecule has 4 bridgehead atoms. The quantitative estimate of drug-likeness (QED) is 0.785. The number of aromatic nitrogens is 1. The third kappa shape index (κ3) is 3.30. The maximum atomic E-state index is 13.0. The summed E-state index contributed by atoms with van der Waals surface area (Å²) in [7, 11) is 0. The predicted octanol–water partition coefficient (Wildman–Crippen LogP) is 4.77. The van der Waals surface area contributed by atoms with Crippen LogP contribution in [0.5, 0.6) is 5.75 Å². The Morgan fingerprint density at radius 1 is 1.14 bits per heavy atom. The highest BCUT2D eigenvalue weighted by Crippen LogP contribution is 2.53. The van der Waals surface area contributed by atoms with E-state index in [1.807, 2.05) is 6.92 Å². The van der Waals surface area contributed by atoms with Crippen LogP contribution in [0.25, 0.3) is 0 Å². The molecule has 0 aliphatic heterocycles. The van der Waals surface area contributed by atoms with E-state index in [1.54, 1.807) is 24.3 Å². The van der Waals surface area contributed by atoms with Gasteiger partial charge in [-0.3, -0.25) is 4.79 Å². The SMILES string of the molecule is Cc1onc(C(=O)NC2C3CC4CC(C3)CC2C4)c1COc1ccc(Cl)cc1. The zero-order valence-electron chi connectivity index (χ0n) is 16.0. The number of aryl methyl sites for hydroxylation is 1. The van der Waals surface area contributed by atoms with Crippen molar-refractivity contribution in [2.24, 2.45) is 23.7 Å². The number of hydrogen-bond donors (Lipinski definition) is 1. The van der Waals surface area contributed by atoms with Crippen LogP contribution >= 0.6 is 11.6 Å². The summed E-state index contributed by atoms with van der Waals surface area (Å²) in [5, 5.41) is 8.00. The zero-order valence-corrected chi connectivity index (χ0v) is 16.7. The largest absolute Gasteiger partial charge is 0.489 e. The van der Waals surface area contributed by atoms with Crippen molar-refractivity contribution >= 4 is 17.5 Å². The van der Waals surface area contributed by atoms with Crippen LogP contribution in [0, 0.1) is 30.6 Å². The molecule has 28 heavy (non-hydrogen) atoms. The minimum Gasteiger partial charge on any atom is -0.489 e. The van der Waals surface area contributed by atoms with Gasteiger partial charge < -0.3 is 14.6 Å². The molecule has 148 valence electrons. The Kier molecular flexibility index (Phi) is 4.58. The first-order valence-corrected chi connectivity index (χ1v) is 10.6. The molecule has 1 heterocycles. The van der Waals surface area contributed by atoms with Gasteiger partial charge in [-0.15, -0.1) is 0 Å². The summed E-state index contributed by atoms with van der Waals surface area (Å²) in [5.41, 5.74) is 1.05. The average Bonchev–Trinajstić information content (AvgIpc) is 3.04. The number of amides is 1. The molecule has 0 spiro atoms. The number of hydrogen-bond acceptors (Lipinski definition) is 4. The van der Waals surface area contributed by atoms with Crippen molar-refractivity contribution in [2.45, 2.75) is 51.7 Å². The van der Waals surface area contributed by atoms with Crippen LogP contribution in [0.15, 0.2) is 28.8 Å². The fraction of sp³-hybridized carbons (Fsp3) is 0.545. The fourth-order valence-electron chi connectivity index (χ4n) is 5.81. The van der Waals surface area contributed by atoms with Crippen molar-refractivity contribution in [2.75, 3.05) is 0 Å². The highest BCUT2D eigenvalue weighted by atomic mass is 35.5. The van der Waals surface area contributed by atoms with Gasteiger partial charge in [-0.25, -0.2) is 0 Å². The first kappa shape index (κ1) is 18.0. The Hall–Kier alpha value is -2.01. The monoisotopic (exact) mass is 400 g/mol. The molecule has 4 aliphatic carbocycles. The minimum absolute atomic E-state index is 0.135. The Bertz CT molecular complexity index is 848. The van der Waals surface area contributed by atoms with Gasteiger partial charge in [0.2, 0.25) is 0 Å². The van der Waals surface area contributed by atoms with Crippen LogP contribution in [0.4, 0.5) is 0 Å². The number of halogens is 1. The summed E-state index contributed by atoms with van der Waals surface area (Å²) in [5.74, 6) is 4.19. The highest BCUT2D eigenvalue weighted by molar-refractivity contribution is 6.30. The van der Waals surface area contributed by atoms with Gasteiger partial charge in [0.25, 0.3) is 5.91 Å². The predicted molar refractivity (Wildman–Crippen MR) is 105 cm³/mol. The van der Waals surface area contributed by atoms with Gasteiger partial charge in [0.05, 0.1) is 5.56 Å². The van der Waals surface area contributed by atoms with Gasteiger partial charge in [-0.2, -0.15) is 0 Å². The van der Waals surface area contributed by atoms with E-state index in [0.29, 0.717) is 39.6 Å².